The molecule has 0 amide bonds. The molecule has 1 aromatic heterocycles. The summed E-state index contributed by atoms with van der Waals surface area (Å²) < 4.78 is 32.2. The molecule has 0 spiro atoms. The molecule has 0 aliphatic rings. The lowest BCUT2D eigenvalue weighted by Gasteiger charge is -2.14. The lowest BCUT2D eigenvalue weighted by molar-refractivity contribution is -0.139. The van der Waals surface area contributed by atoms with Crippen LogP contribution in [0, 0.1) is 5.82 Å². The Morgan fingerprint density at radius 3 is 2.44 bits per heavy atom. The maximum atomic E-state index is 13.9. The molecule has 1 heterocycles. The van der Waals surface area contributed by atoms with E-state index in [4.69, 9.17) is 24.4 Å². The molecular weight excluding hydrogens is 439 g/mol. The van der Waals surface area contributed by atoms with Crippen molar-refractivity contribution in [3.63, 3.8) is 0 Å². The molecule has 0 radical (unpaired) electrons. The first kappa shape index (κ1) is 22.8. The van der Waals surface area contributed by atoms with Crippen LogP contribution in [0.3, 0.4) is 0 Å². The number of methoxy groups -OCH3 is 2. The maximum Gasteiger partial charge on any atom is 0.341 e. The van der Waals surface area contributed by atoms with Gasteiger partial charge in [-0.15, -0.1) is 0 Å². The third-order valence-electron chi connectivity index (χ3n) is 5.20. The van der Waals surface area contributed by atoms with Crippen LogP contribution >= 0.6 is 0 Å². The maximum absolute atomic E-state index is 13.9. The van der Waals surface area contributed by atoms with Gasteiger partial charge in [0.1, 0.15) is 11.6 Å². The summed E-state index contributed by atoms with van der Waals surface area (Å²) in [5.74, 6) is -0.487. The molecule has 34 heavy (non-hydrogen) atoms. The van der Waals surface area contributed by atoms with Crippen LogP contribution in [-0.4, -0.2) is 41.7 Å². The fourth-order valence-corrected chi connectivity index (χ4v) is 3.70. The van der Waals surface area contributed by atoms with Crippen molar-refractivity contribution in [2.24, 2.45) is 0 Å². The number of ether oxygens (including phenoxy) is 3. The number of hydrogen-bond donors (Lipinski definition) is 1. The number of halogens is 1. The molecule has 0 saturated carbocycles. The van der Waals surface area contributed by atoms with Gasteiger partial charge in [0.25, 0.3) is 0 Å². The summed E-state index contributed by atoms with van der Waals surface area (Å²) in [7, 11) is 3.14. The number of rotatable bonds is 9. The van der Waals surface area contributed by atoms with E-state index >= 15 is 0 Å². The zero-order chi connectivity index (χ0) is 24.1. The zero-order valence-electron chi connectivity index (χ0n) is 18.7. The Labute approximate surface area is 195 Å². The third-order valence-corrected chi connectivity index (χ3v) is 5.20. The predicted octanol–water partition coefficient (Wildman–Crippen LogP) is 4.89. The summed E-state index contributed by atoms with van der Waals surface area (Å²) in [6.45, 7) is -0.138. The van der Waals surface area contributed by atoms with Crippen LogP contribution < -0.4 is 14.2 Å². The molecule has 174 valence electrons. The summed E-state index contributed by atoms with van der Waals surface area (Å²) in [5.41, 5.74) is 3.49. The van der Waals surface area contributed by atoms with E-state index in [0.717, 1.165) is 22.9 Å². The standard InChI is InChI=1S/C26H23FN2O5/c1-32-23-10-6-9-20(26(23)33-2)22-14-21(28-29(22)15-17-7-4-3-5-8-17)19-12-11-18(27)13-24(19)34-16-25(30)31/h3-14H,15-16H2,1-2H3,(H,30,31). The molecule has 8 heteroatoms. The van der Waals surface area contributed by atoms with Gasteiger partial charge in [0.15, 0.2) is 18.1 Å². The van der Waals surface area contributed by atoms with Crippen LogP contribution in [0.15, 0.2) is 72.8 Å². The van der Waals surface area contributed by atoms with Crippen molar-refractivity contribution in [2.45, 2.75) is 6.54 Å². The Bertz CT molecular complexity index is 1300. The molecule has 0 aliphatic heterocycles. The number of carbonyl (C=O) groups is 1. The second-order valence-electron chi connectivity index (χ2n) is 7.42. The van der Waals surface area contributed by atoms with Gasteiger partial charge in [-0.3, -0.25) is 4.68 Å². The van der Waals surface area contributed by atoms with Gasteiger partial charge < -0.3 is 19.3 Å². The van der Waals surface area contributed by atoms with Gasteiger partial charge in [-0.05, 0) is 35.9 Å². The summed E-state index contributed by atoms with van der Waals surface area (Å²) in [5, 5.41) is 13.8. The number of aliphatic carboxylic acids is 1. The van der Waals surface area contributed by atoms with Crippen molar-refractivity contribution in [1.82, 2.24) is 9.78 Å². The molecule has 4 rings (SSSR count). The van der Waals surface area contributed by atoms with Crippen LogP contribution in [0.5, 0.6) is 17.2 Å². The average molecular weight is 462 g/mol. The number of carboxylic acids is 1. The molecule has 0 atom stereocenters. The van der Waals surface area contributed by atoms with E-state index < -0.39 is 18.4 Å². The number of aromatic nitrogens is 2. The average Bonchev–Trinajstić information content (AvgIpc) is 3.25. The van der Waals surface area contributed by atoms with Crippen LogP contribution in [-0.2, 0) is 11.3 Å². The Morgan fingerprint density at radius 2 is 1.74 bits per heavy atom. The van der Waals surface area contributed by atoms with E-state index in [9.17, 15) is 9.18 Å². The summed E-state index contributed by atoms with van der Waals surface area (Å²) in [6, 6.07) is 21.2. The first-order chi connectivity index (χ1) is 16.5. The monoisotopic (exact) mass is 462 g/mol. The number of para-hydroxylation sites is 1. The molecule has 0 unspecified atom stereocenters. The first-order valence-electron chi connectivity index (χ1n) is 10.5. The lowest BCUT2D eigenvalue weighted by atomic mass is 10.1. The summed E-state index contributed by atoms with van der Waals surface area (Å²) in [4.78, 5) is 11.0. The minimum atomic E-state index is -1.16. The van der Waals surface area contributed by atoms with E-state index in [-0.39, 0.29) is 5.75 Å². The van der Waals surface area contributed by atoms with Gasteiger partial charge in [0.05, 0.1) is 32.2 Å². The largest absolute Gasteiger partial charge is 0.493 e. The normalized spacial score (nSPS) is 10.7. The highest BCUT2D eigenvalue weighted by Crippen LogP contribution is 2.40. The van der Waals surface area contributed by atoms with Crippen molar-refractivity contribution in [3.05, 3.63) is 84.2 Å². The molecule has 3 aromatic carbocycles. The predicted molar refractivity (Wildman–Crippen MR) is 125 cm³/mol. The molecule has 0 saturated heterocycles. The second kappa shape index (κ2) is 10.1. The highest BCUT2D eigenvalue weighted by molar-refractivity contribution is 5.77. The number of nitrogens with zero attached hydrogens (tertiary/aromatic N) is 2. The fourth-order valence-electron chi connectivity index (χ4n) is 3.70. The van der Waals surface area contributed by atoms with Crippen molar-refractivity contribution in [3.8, 4) is 39.8 Å². The fraction of sp³-hybridized carbons (Fsp3) is 0.154. The van der Waals surface area contributed by atoms with Crippen LogP contribution in [0.2, 0.25) is 0 Å². The Balaban J connectivity index is 1.87. The number of carboxylic acid groups (broad SMARTS) is 1. The van der Waals surface area contributed by atoms with Gasteiger partial charge >= 0.3 is 5.97 Å². The molecule has 0 bridgehead atoms. The van der Waals surface area contributed by atoms with E-state index in [0.29, 0.717) is 29.3 Å². The Morgan fingerprint density at radius 1 is 0.941 bits per heavy atom. The SMILES string of the molecule is COc1cccc(-c2cc(-c3ccc(F)cc3OCC(=O)O)nn2Cc2ccccc2)c1OC. The van der Waals surface area contributed by atoms with E-state index in [2.05, 4.69) is 0 Å². The number of hydrogen-bond acceptors (Lipinski definition) is 5. The molecule has 1 N–H and O–H groups in total. The quantitative estimate of drug-likeness (QED) is 0.382. The topological polar surface area (TPSA) is 82.8 Å². The molecule has 0 aliphatic carbocycles. The zero-order valence-corrected chi connectivity index (χ0v) is 18.7. The van der Waals surface area contributed by atoms with Crippen molar-refractivity contribution < 1.29 is 28.5 Å². The third kappa shape index (κ3) is 4.85. The van der Waals surface area contributed by atoms with Crippen molar-refractivity contribution in [1.29, 1.82) is 0 Å². The van der Waals surface area contributed by atoms with Crippen LogP contribution in [0.1, 0.15) is 5.56 Å². The van der Waals surface area contributed by atoms with Crippen LogP contribution in [0.25, 0.3) is 22.5 Å². The van der Waals surface area contributed by atoms with E-state index in [1.807, 2.05) is 53.2 Å². The molecule has 4 aromatic rings. The van der Waals surface area contributed by atoms with E-state index in [1.165, 1.54) is 12.1 Å². The smallest absolute Gasteiger partial charge is 0.341 e. The second-order valence-corrected chi connectivity index (χ2v) is 7.42. The van der Waals surface area contributed by atoms with Crippen LogP contribution in [0.4, 0.5) is 4.39 Å². The summed E-state index contributed by atoms with van der Waals surface area (Å²) in [6.07, 6.45) is 0. The molecule has 7 nitrogen and oxygen atoms in total. The molecule has 0 fully saturated rings. The molecular formula is C26H23FN2O5. The minimum absolute atomic E-state index is 0.0934. The highest BCUT2D eigenvalue weighted by Gasteiger charge is 2.20. The lowest BCUT2D eigenvalue weighted by Crippen LogP contribution is -2.10. The van der Waals surface area contributed by atoms with Gasteiger partial charge in [-0.1, -0.05) is 36.4 Å². The van der Waals surface area contributed by atoms with Gasteiger partial charge in [0.2, 0.25) is 0 Å². The summed E-state index contributed by atoms with van der Waals surface area (Å²) >= 11 is 0. The van der Waals surface area contributed by atoms with Crippen molar-refractivity contribution >= 4 is 5.97 Å². The Kier molecular flexibility index (Phi) is 6.77. The number of benzene rings is 3. The van der Waals surface area contributed by atoms with Gasteiger partial charge in [0, 0.05) is 17.2 Å². The van der Waals surface area contributed by atoms with Gasteiger partial charge in [-0.2, -0.15) is 5.10 Å². The highest BCUT2D eigenvalue weighted by atomic mass is 19.1. The van der Waals surface area contributed by atoms with Crippen molar-refractivity contribution in [2.75, 3.05) is 20.8 Å². The minimum Gasteiger partial charge on any atom is -0.493 e. The van der Waals surface area contributed by atoms with Gasteiger partial charge in [-0.25, -0.2) is 9.18 Å². The first-order valence-corrected chi connectivity index (χ1v) is 10.5. The Hall–Kier alpha value is -4.33. The van der Waals surface area contributed by atoms with E-state index in [1.54, 1.807) is 20.3 Å².